The minimum absolute atomic E-state index is 0.0186. The van der Waals surface area contributed by atoms with Gasteiger partial charge in [-0.1, -0.05) is 24.8 Å². The molecule has 0 aliphatic carbocycles. The van der Waals surface area contributed by atoms with Gasteiger partial charge in [0.05, 0.1) is 30.9 Å². The Morgan fingerprint density at radius 2 is 1.71 bits per heavy atom. The van der Waals surface area contributed by atoms with Crippen molar-refractivity contribution >= 4 is 17.4 Å². The van der Waals surface area contributed by atoms with Gasteiger partial charge in [0.15, 0.2) is 0 Å². The Balaban J connectivity index is 1.64. The van der Waals surface area contributed by atoms with Crippen LogP contribution in [0.3, 0.4) is 0 Å². The largest absolute Gasteiger partial charge is 0.507 e. The van der Waals surface area contributed by atoms with E-state index >= 15 is 0 Å². The summed E-state index contributed by atoms with van der Waals surface area (Å²) in [5, 5.41) is 11.3. The number of likely N-dealkylation sites (tertiary alicyclic amines) is 1. The molecule has 8 nitrogen and oxygen atoms in total. The van der Waals surface area contributed by atoms with E-state index in [0.29, 0.717) is 49.8 Å². The topological polar surface area (TPSA) is 88.5 Å². The van der Waals surface area contributed by atoms with E-state index in [1.165, 1.54) is 0 Å². The quantitative estimate of drug-likeness (QED) is 0.206. The Morgan fingerprint density at radius 3 is 2.34 bits per heavy atom. The number of aliphatic hydroxyl groups is 1. The maximum absolute atomic E-state index is 13.3. The fourth-order valence-corrected chi connectivity index (χ4v) is 4.77. The molecule has 1 N–H and O–H groups in total. The van der Waals surface area contributed by atoms with Gasteiger partial charge < -0.3 is 24.2 Å². The lowest BCUT2D eigenvalue weighted by Crippen LogP contribution is -2.38. The third kappa shape index (κ3) is 6.44. The molecule has 2 fully saturated rings. The monoisotopic (exact) mass is 520 g/mol. The predicted molar refractivity (Wildman–Crippen MR) is 145 cm³/mol. The number of aliphatic hydroxyl groups excluding tert-OH is 1. The Kier molecular flexibility index (Phi) is 9.20. The average molecular weight is 521 g/mol. The number of carbonyl (C=O) groups excluding carboxylic acids is 2. The van der Waals surface area contributed by atoms with Crippen LogP contribution < -0.4 is 9.47 Å². The lowest BCUT2D eigenvalue weighted by molar-refractivity contribution is -0.140. The van der Waals surface area contributed by atoms with Gasteiger partial charge in [-0.3, -0.25) is 14.5 Å². The molecule has 1 atom stereocenters. The van der Waals surface area contributed by atoms with E-state index in [4.69, 9.17) is 14.2 Å². The molecule has 2 aliphatic heterocycles. The SMILES string of the molecule is C=CCOc1ccc(C(O)=C2C(=O)C(=O)N(CCCN3CCOCC3)C2c2ccc(OC(C)C)cc2)cc1. The second-order valence-corrected chi connectivity index (χ2v) is 9.66. The summed E-state index contributed by atoms with van der Waals surface area (Å²) in [4.78, 5) is 30.4. The number of nitrogens with zero attached hydrogens (tertiary/aromatic N) is 2. The van der Waals surface area contributed by atoms with Crippen molar-refractivity contribution in [1.82, 2.24) is 9.80 Å². The Hall–Kier alpha value is -3.62. The fourth-order valence-electron chi connectivity index (χ4n) is 4.77. The van der Waals surface area contributed by atoms with Gasteiger partial charge in [0.25, 0.3) is 11.7 Å². The molecule has 38 heavy (non-hydrogen) atoms. The lowest BCUT2D eigenvalue weighted by atomic mass is 9.95. The van der Waals surface area contributed by atoms with E-state index in [-0.39, 0.29) is 17.4 Å². The van der Waals surface area contributed by atoms with Crippen LogP contribution in [0.4, 0.5) is 0 Å². The number of morpholine rings is 1. The van der Waals surface area contributed by atoms with Gasteiger partial charge in [0, 0.05) is 31.7 Å². The molecule has 0 aromatic heterocycles. The molecular formula is C30H36N2O6. The van der Waals surface area contributed by atoms with Crippen LogP contribution in [-0.2, 0) is 14.3 Å². The molecule has 2 aromatic rings. The van der Waals surface area contributed by atoms with Crippen molar-refractivity contribution in [2.45, 2.75) is 32.4 Å². The fraction of sp³-hybridized carbons (Fsp3) is 0.400. The molecule has 8 heteroatoms. The normalized spacial score (nSPS) is 19.7. The molecule has 0 spiro atoms. The molecule has 1 amide bonds. The Morgan fingerprint density at radius 1 is 1.05 bits per heavy atom. The predicted octanol–water partition coefficient (Wildman–Crippen LogP) is 4.18. The number of Topliss-reactive ketones (excluding diaryl/α,β-unsaturated/α-hetero) is 1. The van der Waals surface area contributed by atoms with E-state index < -0.39 is 17.7 Å². The zero-order valence-corrected chi connectivity index (χ0v) is 22.1. The first-order valence-corrected chi connectivity index (χ1v) is 13.1. The first kappa shape index (κ1) is 27.4. The third-order valence-corrected chi connectivity index (χ3v) is 6.58. The van der Waals surface area contributed by atoms with Crippen molar-refractivity contribution < 1.29 is 28.9 Å². The Bertz CT molecular complexity index is 1150. The molecule has 2 heterocycles. The number of rotatable bonds is 11. The standard InChI is InChI=1S/C30H36N2O6/c1-4-18-37-24-10-8-23(9-11-24)28(33)26-27(22-6-12-25(13-7-22)38-21(2)3)32(30(35)29(26)34)15-5-14-31-16-19-36-20-17-31/h4,6-13,21,27,33H,1,5,14-20H2,2-3H3. The van der Waals surface area contributed by atoms with E-state index in [1.54, 1.807) is 35.2 Å². The zero-order chi connectivity index (χ0) is 27.1. The molecular weight excluding hydrogens is 484 g/mol. The van der Waals surface area contributed by atoms with Crippen molar-refractivity contribution in [2.75, 3.05) is 46.0 Å². The van der Waals surface area contributed by atoms with Gasteiger partial charge >= 0.3 is 0 Å². The van der Waals surface area contributed by atoms with Gasteiger partial charge in [0.1, 0.15) is 23.9 Å². The summed E-state index contributed by atoms with van der Waals surface area (Å²) < 4.78 is 16.7. The van der Waals surface area contributed by atoms with Crippen molar-refractivity contribution in [2.24, 2.45) is 0 Å². The second kappa shape index (κ2) is 12.8. The summed E-state index contributed by atoms with van der Waals surface area (Å²) in [5.41, 5.74) is 1.25. The summed E-state index contributed by atoms with van der Waals surface area (Å²) in [7, 11) is 0. The highest BCUT2D eigenvalue weighted by atomic mass is 16.5. The Labute approximate surface area is 224 Å². The third-order valence-electron chi connectivity index (χ3n) is 6.58. The number of carbonyl (C=O) groups is 2. The zero-order valence-electron chi connectivity index (χ0n) is 22.1. The van der Waals surface area contributed by atoms with E-state index in [0.717, 1.165) is 25.2 Å². The molecule has 0 saturated carbocycles. The van der Waals surface area contributed by atoms with Crippen molar-refractivity contribution in [1.29, 1.82) is 0 Å². The van der Waals surface area contributed by atoms with E-state index in [9.17, 15) is 14.7 Å². The highest BCUT2D eigenvalue weighted by Crippen LogP contribution is 2.40. The molecule has 2 aromatic carbocycles. The first-order valence-electron chi connectivity index (χ1n) is 13.1. The summed E-state index contributed by atoms with van der Waals surface area (Å²) in [5.74, 6) is -0.187. The van der Waals surface area contributed by atoms with Gasteiger partial charge in [-0.25, -0.2) is 0 Å². The minimum Gasteiger partial charge on any atom is -0.507 e. The summed E-state index contributed by atoms with van der Waals surface area (Å²) in [6, 6.07) is 13.4. The van der Waals surface area contributed by atoms with Crippen LogP contribution in [0.25, 0.3) is 5.76 Å². The molecule has 2 aliphatic rings. The number of benzene rings is 2. The number of ketones is 1. The number of hydrogen-bond donors (Lipinski definition) is 1. The van der Waals surface area contributed by atoms with Crippen molar-refractivity contribution in [3.8, 4) is 11.5 Å². The number of hydrogen-bond acceptors (Lipinski definition) is 7. The molecule has 0 bridgehead atoms. The van der Waals surface area contributed by atoms with E-state index in [1.807, 2.05) is 38.1 Å². The maximum atomic E-state index is 13.3. The molecule has 4 rings (SSSR count). The van der Waals surface area contributed by atoms with Gasteiger partial charge in [0.2, 0.25) is 0 Å². The molecule has 2 saturated heterocycles. The first-order chi connectivity index (χ1) is 18.4. The summed E-state index contributed by atoms with van der Waals surface area (Å²) in [6.07, 6.45) is 2.37. The molecule has 1 unspecified atom stereocenters. The van der Waals surface area contributed by atoms with Gasteiger partial charge in [-0.05, 0) is 62.2 Å². The van der Waals surface area contributed by atoms with Crippen LogP contribution in [0.1, 0.15) is 37.4 Å². The van der Waals surface area contributed by atoms with Crippen LogP contribution in [0, 0.1) is 0 Å². The second-order valence-electron chi connectivity index (χ2n) is 9.66. The van der Waals surface area contributed by atoms with Crippen LogP contribution in [0.15, 0.2) is 66.8 Å². The maximum Gasteiger partial charge on any atom is 0.295 e. The van der Waals surface area contributed by atoms with E-state index in [2.05, 4.69) is 11.5 Å². The number of amides is 1. The summed E-state index contributed by atoms with van der Waals surface area (Å²) in [6.45, 7) is 12.2. The smallest absolute Gasteiger partial charge is 0.295 e. The average Bonchev–Trinajstić information content (AvgIpc) is 3.17. The van der Waals surface area contributed by atoms with Crippen LogP contribution in [0.5, 0.6) is 11.5 Å². The van der Waals surface area contributed by atoms with Crippen molar-refractivity contribution in [3.63, 3.8) is 0 Å². The van der Waals surface area contributed by atoms with Crippen molar-refractivity contribution in [3.05, 3.63) is 77.9 Å². The highest BCUT2D eigenvalue weighted by Gasteiger charge is 2.45. The summed E-state index contributed by atoms with van der Waals surface area (Å²) >= 11 is 0. The molecule has 0 radical (unpaired) electrons. The van der Waals surface area contributed by atoms with Gasteiger partial charge in [-0.2, -0.15) is 0 Å². The lowest BCUT2D eigenvalue weighted by Gasteiger charge is -2.29. The van der Waals surface area contributed by atoms with Crippen LogP contribution in [-0.4, -0.2) is 78.7 Å². The number of ether oxygens (including phenoxy) is 3. The highest BCUT2D eigenvalue weighted by molar-refractivity contribution is 6.46. The van der Waals surface area contributed by atoms with Crippen LogP contribution >= 0.6 is 0 Å². The van der Waals surface area contributed by atoms with Crippen LogP contribution in [0.2, 0.25) is 0 Å². The minimum atomic E-state index is -0.704. The molecule has 202 valence electrons. The van der Waals surface area contributed by atoms with Gasteiger partial charge in [-0.15, -0.1) is 0 Å².